The van der Waals surface area contributed by atoms with Crippen LogP contribution >= 0.6 is 0 Å². The first-order chi connectivity index (χ1) is 12.1. The van der Waals surface area contributed by atoms with Crippen molar-refractivity contribution in [3.05, 3.63) is 29.8 Å². The molecule has 1 saturated heterocycles. The van der Waals surface area contributed by atoms with Crippen LogP contribution in [0.25, 0.3) is 0 Å². The number of benzene rings is 1. The van der Waals surface area contributed by atoms with Crippen LogP contribution in [-0.2, 0) is 35.4 Å². The van der Waals surface area contributed by atoms with Crippen LogP contribution in [0.5, 0.6) is 0 Å². The molecule has 26 heavy (non-hydrogen) atoms. The maximum Gasteiger partial charge on any atom is 0.310 e. The van der Waals surface area contributed by atoms with Crippen molar-refractivity contribution in [2.24, 2.45) is 0 Å². The molecule has 0 unspecified atom stereocenters. The lowest BCUT2D eigenvalue weighted by atomic mass is 10.0. The number of rotatable bonds is 6. The van der Waals surface area contributed by atoms with Crippen molar-refractivity contribution in [2.45, 2.75) is 32.2 Å². The van der Waals surface area contributed by atoms with E-state index >= 15 is 0 Å². The molecular formula is C17H22N2O6S. The molecule has 1 aromatic carbocycles. The van der Waals surface area contributed by atoms with E-state index in [4.69, 9.17) is 4.74 Å². The summed E-state index contributed by atoms with van der Waals surface area (Å²) in [6.07, 6.45) is 0.328. The summed E-state index contributed by atoms with van der Waals surface area (Å²) in [6.45, 7) is 2.60. The summed E-state index contributed by atoms with van der Waals surface area (Å²) >= 11 is 0. The van der Waals surface area contributed by atoms with Gasteiger partial charge in [0.05, 0.1) is 23.5 Å². The number of hydrogen-bond acceptors (Lipinski definition) is 6. The largest absolute Gasteiger partial charge is 0.455 e. The third-order valence-corrected chi connectivity index (χ3v) is 5.83. The number of nitrogens with one attached hydrogen (secondary N) is 2. The standard InChI is InChI=1S/C17H22N2O6S/c1-12(20)18-14-5-3-13(4-6-14)9-16(22)25-10-15(21)19-17(2)7-8-26(23,24)11-17/h3-6H,7-11H2,1-2H3,(H,18,20)(H,19,21)/t17-/m0/s1. The van der Waals surface area contributed by atoms with Crippen LogP contribution in [0.4, 0.5) is 5.69 Å². The number of carbonyl (C=O) groups is 3. The van der Waals surface area contributed by atoms with Crippen LogP contribution in [0.3, 0.4) is 0 Å². The maximum absolute atomic E-state index is 11.9. The molecule has 1 heterocycles. The van der Waals surface area contributed by atoms with Gasteiger partial charge in [-0.05, 0) is 31.0 Å². The summed E-state index contributed by atoms with van der Waals surface area (Å²) in [5.74, 6) is -1.36. The van der Waals surface area contributed by atoms with Crippen LogP contribution in [0, 0.1) is 0 Å². The van der Waals surface area contributed by atoms with Gasteiger partial charge in [-0.15, -0.1) is 0 Å². The highest BCUT2D eigenvalue weighted by Crippen LogP contribution is 2.22. The molecule has 1 fully saturated rings. The summed E-state index contributed by atoms with van der Waals surface area (Å²) in [6, 6.07) is 6.68. The van der Waals surface area contributed by atoms with E-state index in [1.807, 2.05) is 0 Å². The second kappa shape index (κ2) is 7.86. The van der Waals surface area contributed by atoms with E-state index < -0.39 is 33.9 Å². The van der Waals surface area contributed by atoms with Crippen LogP contribution in [-0.4, -0.2) is 49.9 Å². The number of esters is 1. The molecule has 0 aromatic heterocycles. The normalized spacial score (nSPS) is 21.0. The second-order valence-corrected chi connectivity index (χ2v) is 8.85. The maximum atomic E-state index is 11.9. The fraction of sp³-hybridized carbons (Fsp3) is 0.471. The molecule has 9 heteroatoms. The van der Waals surface area contributed by atoms with E-state index in [2.05, 4.69) is 10.6 Å². The van der Waals surface area contributed by atoms with Gasteiger partial charge in [0.25, 0.3) is 5.91 Å². The topological polar surface area (TPSA) is 119 Å². The first kappa shape index (κ1) is 19.9. The highest BCUT2D eigenvalue weighted by Gasteiger charge is 2.39. The zero-order chi connectivity index (χ0) is 19.4. The van der Waals surface area contributed by atoms with Crippen molar-refractivity contribution in [3.63, 3.8) is 0 Å². The Labute approximate surface area is 152 Å². The molecular weight excluding hydrogens is 360 g/mol. The Morgan fingerprint density at radius 1 is 1.19 bits per heavy atom. The molecule has 2 rings (SSSR count). The summed E-state index contributed by atoms with van der Waals surface area (Å²) in [5.41, 5.74) is 0.481. The van der Waals surface area contributed by atoms with Gasteiger partial charge in [0.2, 0.25) is 5.91 Å². The lowest BCUT2D eigenvalue weighted by Gasteiger charge is -2.23. The molecule has 1 aromatic rings. The summed E-state index contributed by atoms with van der Waals surface area (Å²) in [7, 11) is -3.13. The van der Waals surface area contributed by atoms with Crippen molar-refractivity contribution >= 4 is 33.3 Å². The monoisotopic (exact) mass is 382 g/mol. The average molecular weight is 382 g/mol. The van der Waals surface area contributed by atoms with Crippen molar-refractivity contribution in [2.75, 3.05) is 23.4 Å². The van der Waals surface area contributed by atoms with E-state index in [1.165, 1.54) is 6.92 Å². The van der Waals surface area contributed by atoms with Crippen LogP contribution in [0.15, 0.2) is 24.3 Å². The molecule has 1 aliphatic rings. The van der Waals surface area contributed by atoms with Gasteiger partial charge in [-0.1, -0.05) is 12.1 Å². The quantitative estimate of drug-likeness (QED) is 0.689. The van der Waals surface area contributed by atoms with E-state index in [-0.39, 0.29) is 23.8 Å². The van der Waals surface area contributed by atoms with Crippen LogP contribution < -0.4 is 10.6 Å². The lowest BCUT2D eigenvalue weighted by Crippen LogP contribution is -2.48. The van der Waals surface area contributed by atoms with E-state index in [0.717, 1.165) is 0 Å². The minimum Gasteiger partial charge on any atom is -0.455 e. The highest BCUT2D eigenvalue weighted by atomic mass is 32.2. The zero-order valence-corrected chi connectivity index (χ0v) is 15.5. The molecule has 8 nitrogen and oxygen atoms in total. The Morgan fingerprint density at radius 2 is 1.85 bits per heavy atom. The second-order valence-electron chi connectivity index (χ2n) is 6.67. The first-order valence-electron chi connectivity index (χ1n) is 8.10. The molecule has 1 atom stereocenters. The molecule has 0 aliphatic carbocycles. The zero-order valence-electron chi connectivity index (χ0n) is 14.7. The van der Waals surface area contributed by atoms with Crippen LogP contribution in [0.1, 0.15) is 25.8 Å². The van der Waals surface area contributed by atoms with E-state index in [0.29, 0.717) is 17.7 Å². The Hall–Kier alpha value is -2.42. The molecule has 2 amide bonds. The first-order valence-corrected chi connectivity index (χ1v) is 9.93. The van der Waals surface area contributed by atoms with Gasteiger partial charge in [-0.2, -0.15) is 0 Å². The van der Waals surface area contributed by atoms with Crippen molar-refractivity contribution < 1.29 is 27.5 Å². The number of hydrogen-bond donors (Lipinski definition) is 2. The Kier molecular flexibility index (Phi) is 6.01. The van der Waals surface area contributed by atoms with Gasteiger partial charge in [0, 0.05) is 12.6 Å². The fourth-order valence-electron chi connectivity index (χ4n) is 2.75. The smallest absolute Gasteiger partial charge is 0.310 e. The summed E-state index contributed by atoms with van der Waals surface area (Å²) in [5, 5.41) is 5.24. The SMILES string of the molecule is CC(=O)Nc1ccc(CC(=O)OCC(=O)N[C@@]2(C)CCS(=O)(=O)C2)cc1. The van der Waals surface area contributed by atoms with Gasteiger partial charge >= 0.3 is 5.97 Å². The van der Waals surface area contributed by atoms with Crippen molar-refractivity contribution in [3.8, 4) is 0 Å². The molecule has 2 N–H and O–H groups in total. The van der Waals surface area contributed by atoms with Crippen molar-refractivity contribution in [1.29, 1.82) is 0 Å². The van der Waals surface area contributed by atoms with E-state index in [9.17, 15) is 22.8 Å². The predicted octanol–water partition coefficient (Wildman–Crippen LogP) is 0.424. The molecule has 0 spiro atoms. The Morgan fingerprint density at radius 3 is 2.38 bits per heavy atom. The minimum atomic E-state index is -3.13. The van der Waals surface area contributed by atoms with Gasteiger partial charge < -0.3 is 15.4 Å². The van der Waals surface area contributed by atoms with Gasteiger partial charge in [-0.25, -0.2) is 8.42 Å². The fourth-order valence-corrected chi connectivity index (χ4v) is 4.85. The van der Waals surface area contributed by atoms with Gasteiger partial charge in [-0.3, -0.25) is 14.4 Å². The molecule has 0 bridgehead atoms. The number of amides is 2. The minimum absolute atomic E-state index is 0.0146. The number of carbonyl (C=O) groups excluding carboxylic acids is 3. The predicted molar refractivity (Wildman–Crippen MR) is 95.2 cm³/mol. The number of anilines is 1. The molecule has 0 radical (unpaired) electrons. The summed E-state index contributed by atoms with van der Waals surface area (Å²) < 4.78 is 28.0. The van der Waals surface area contributed by atoms with Crippen LogP contribution in [0.2, 0.25) is 0 Å². The van der Waals surface area contributed by atoms with Gasteiger partial charge in [0.15, 0.2) is 16.4 Å². The number of ether oxygens (including phenoxy) is 1. The molecule has 1 aliphatic heterocycles. The Balaban J connectivity index is 1.78. The highest BCUT2D eigenvalue weighted by molar-refractivity contribution is 7.91. The third-order valence-electron chi connectivity index (χ3n) is 3.93. The molecule has 142 valence electrons. The van der Waals surface area contributed by atoms with E-state index in [1.54, 1.807) is 31.2 Å². The molecule has 0 saturated carbocycles. The average Bonchev–Trinajstić information content (AvgIpc) is 2.80. The summed E-state index contributed by atoms with van der Waals surface area (Å²) in [4.78, 5) is 34.7. The lowest BCUT2D eigenvalue weighted by molar-refractivity contribution is -0.148. The van der Waals surface area contributed by atoms with Crippen molar-refractivity contribution in [1.82, 2.24) is 5.32 Å². The van der Waals surface area contributed by atoms with Gasteiger partial charge in [0.1, 0.15) is 0 Å². The Bertz CT molecular complexity index is 803. The number of sulfone groups is 1. The third kappa shape index (κ3) is 6.14.